The summed E-state index contributed by atoms with van der Waals surface area (Å²) >= 11 is 0. The Hall–Kier alpha value is -0.300. The fraction of sp³-hybridized carbons (Fsp3) is 0.800. The van der Waals surface area contributed by atoms with E-state index in [1.807, 2.05) is 0 Å². The molecule has 0 amide bonds. The first kappa shape index (κ1) is 7.35. The van der Waals surface area contributed by atoms with Gasteiger partial charge >= 0.3 is 0 Å². The van der Waals surface area contributed by atoms with Crippen molar-refractivity contribution in [2.75, 3.05) is 13.1 Å². The molecule has 0 aliphatic carbocycles. The zero-order chi connectivity index (χ0) is 7.90. The van der Waals surface area contributed by atoms with Gasteiger partial charge in [-0.25, -0.2) is 0 Å². The van der Waals surface area contributed by atoms with E-state index in [-0.39, 0.29) is 0 Å². The molecule has 0 aromatic heterocycles. The summed E-state index contributed by atoms with van der Waals surface area (Å²) in [5.41, 5.74) is 2.00. The van der Waals surface area contributed by atoms with Crippen LogP contribution in [-0.4, -0.2) is 23.5 Å². The topological polar surface area (TPSA) is 3.24 Å². The minimum atomic E-state index is 0.553. The molecular weight excluding hydrogens is 134 g/mol. The van der Waals surface area contributed by atoms with E-state index in [9.17, 15) is 0 Å². The summed E-state index contributed by atoms with van der Waals surface area (Å²) in [6.45, 7) is 8.89. The molecule has 0 aromatic rings. The molecule has 2 aliphatic rings. The van der Waals surface area contributed by atoms with Crippen LogP contribution in [0.15, 0.2) is 12.2 Å². The number of hydrogen-bond acceptors (Lipinski definition) is 1. The molecule has 0 bridgehead atoms. The van der Waals surface area contributed by atoms with Gasteiger partial charge in [0.1, 0.15) is 0 Å². The normalized spacial score (nSPS) is 38.1. The molecule has 2 heterocycles. The summed E-state index contributed by atoms with van der Waals surface area (Å²) in [5.74, 6) is 0. The highest BCUT2D eigenvalue weighted by Crippen LogP contribution is 2.42. The quantitative estimate of drug-likeness (QED) is 0.519. The Morgan fingerprint density at radius 1 is 1.64 bits per heavy atom. The molecule has 11 heavy (non-hydrogen) atoms. The summed E-state index contributed by atoms with van der Waals surface area (Å²) in [6, 6.07) is 0. The third-order valence-corrected chi connectivity index (χ3v) is 3.39. The van der Waals surface area contributed by atoms with Crippen molar-refractivity contribution < 1.29 is 0 Å². The molecule has 0 aromatic carbocycles. The Bertz CT molecular complexity index is 185. The first-order valence-corrected chi connectivity index (χ1v) is 4.68. The summed E-state index contributed by atoms with van der Waals surface area (Å²) in [7, 11) is 0. The van der Waals surface area contributed by atoms with Crippen LogP contribution < -0.4 is 0 Å². The molecular formula is C10H17N. The first-order valence-electron chi connectivity index (χ1n) is 4.68. The van der Waals surface area contributed by atoms with Crippen LogP contribution in [0.25, 0.3) is 0 Å². The van der Waals surface area contributed by atoms with Crippen LogP contribution in [0.1, 0.15) is 32.6 Å². The number of rotatable bonds is 1. The molecule has 1 nitrogen and oxygen atoms in total. The van der Waals surface area contributed by atoms with Gasteiger partial charge in [-0.1, -0.05) is 19.1 Å². The highest BCUT2D eigenvalue weighted by Gasteiger charge is 2.43. The van der Waals surface area contributed by atoms with Gasteiger partial charge in [-0.3, -0.25) is 4.90 Å². The molecule has 2 aliphatic heterocycles. The molecule has 0 N–H and O–H groups in total. The average Bonchev–Trinajstić information content (AvgIpc) is 2.43. The highest BCUT2D eigenvalue weighted by molar-refractivity contribution is 5.16. The molecule has 1 heteroatoms. The largest absolute Gasteiger partial charge is 0.293 e. The van der Waals surface area contributed by atoms with Gasteiger partial charge in [0.25, 0.3) is 0 Å². The smallest absolute Gasteiger partial charge is 0.0248 e. The number of nitrogens with zero attached hydrogens (tertiary/aromatic N) is 1. The van der Waals surface area contributed by atoms with Gasteiger partial charge in [0.05, 0.1) is 0 Å². The molecule has 2 rings (SSSR count). The van der Waals surface area contributed by atoms with E-state index >= 15 is 0 Å². The van der Waals surface area contributed by atoms with Crippen LogP contribution in [-0.2, 0) is 0 Å². The first-order chi connectivity index (χ1) is 5.27. The highest BCUT2D eigenvalue weighted by atomic mass is 15.2. The van der Waals surface area contributed by atoms with E-state index in [0.29, 0.717) is 5.54 Å². The summed E-state index contributed by atoms with van der Waals surface area (Å²) in [5, 5.41) is 0. The second-order valence-corrected chi connectivity index (χ2v) is 4.03. The van der Waals surface area contributed by atoms with Crippen LogP contribution >= 0.6 is 0 Å². The minimum Gasteiger partial charge on any atom is -0.293 e. The van der Waals surface area contributed by atoms with Crippen LogP contribution in [0.5, 0.6) is 0 Å². The summed E-state index contributed by atoms with van der Waals surface area (Å²) in [6.07, 6.45) is 5.39. The van der Waals surface area contributed by atoms with Crippen molar-refractivity contribution in [2.45, 2.75) is 38.1 Å². The van der Waals surface area contributed by atoms with Crippen LogP contribution in [0, 0.1) is 0 Å². The monoisotopic (exact) mass is 151 g/mol. The lowest BCUT2D eigenvalue weighted by Gasteiger charge is -2.29. The van der Waals surface area contributed by atoms with E-state index in [0.717, 1.165) is 0 Å². The van der Waals surface area contributed by atoms with Crippen LogP contribution in [0.2, 0.25) is 0 Å². The lowest BCUT2D eigenvalue weighted by atomic mass is 9.90. The van der Waals surface area contributed by atoms with Gasteiger partial charge < -0.3 is 0 Å². The summed E-state index contributed by atoms with van der Waals surface area (Å²) in [4.78, 5) is 2.63. The third kappa shape index (κ3) is 0.943. The summed E-state index contributed by atoms with van der Waals surface area (Å²) < 4.78 is 0. The second-order valence-electron chi connectivity index (χ2n) is 4.03. The second kappa shape index (κ2) is 2.34. The van der Waals surface area contributed by atoms with E-state index in [2.05, 4.69) is 18.4 Å². The Morgan fingerprint density at radius 2 is 2.45 bits per heavy atom. The van der Waals surface area contributed by atoms with Crippen LogP contribution in [0.3, 0.4) is 0 Å². The molecule has 0 unspecified atom stereocenters. The Balaban J connectivity index is 2.21. The lowest BCUT2D eigenvalue weighted by Crippen LogP contribution is -2.37. The molecule has 2 saturated heterocycles. The molecule has 1 atom stereocenters. The molecule has 0 spiro atoms. The molecule has 0 radical (unpaired) electrons. The molecule has 2 fully saturated rings. The Kier molecular flexibility index (Phi) is 1.57. The average molecular weight is 151 g/mol. The Labute approximate surface area is 69.1 Å². The van der Waals surface area contributed by atoms with Crippen LogP contribution in [0.4, 0.5) is 0 Å². The lowest BCUT2D eigenvalue weighted by molar-refractivity contribution is 0.189. The van der Waals surface area contributed by atoms with Gasteiger partial charge in [-0.15, -0.1) is 0 Å². The van der Waals surface area contributed by atoms with Gasteiger partial charge in [0.15, 0.2) is 0 Å². The van der Waals surface area contributed by atoms with Crippen molar-refractivity contribution in [3.8, 4) is 0 Å². The van der Waals surface area contributed by atoms with Crippen molar-refractivity contribution >= 4 is 0 Å². The van der Waals surface area contributed by atoms with Crippen molar-refractivity contribution in [3.63, 3.8) is 0 Å². The maximum Gasteiger partial charge on any atom is 0.0248 e. The van der Waals surface area contributed by atoms with Crippen molar-refractivity contribution in [3.05, 3.63) is 12.2 Å². The SMILES string of the molecule is C=C1CN2CCC[C@@]2(CC)C1. The zero-order valence-corrected chi connectivity index (χ0v) is 7.40. The predicted molar refractivity (Wildman–Crippen MR) is 47.6 cm³/mol. The van der Waals surface area contributed by atoms with E-state index < -0.39 is 0 Å². The standard InChI is InChI=1S/C10H17N/c1-3-10-5-4-6-11(10)8-9(2)7-10/h2-8H2,1H3/t10-/m0/s1. The van der Waals surface area contributed by atoms with Crippen molar-refractivity contribution in [1.29, 1.82) is 0 Å². The van der Waals surface area contributed by atoms with Gasteiger partial charge in [-0.05, 0) is 32.2 Å². The van der Waals surface area contributed by atoms with E-state index in [1.54, 1.807) is 0 Å². The maximum absolute atomic E-state index is 4.09. The zero-order valence-electron chi connectivity index (χ0n) is 7.40. The van der Waals surface area contributed by atoms with Crippen molar-refractivity contribution in [2.24, 2.45) is 0 Å². The predicted octanol–water partition coefficient (Wildman–Crippen LogP) is 2.19. The number of hydrogen-bond donors (Lipinski definition) is 0. The van der Waals surface area contributed by atoms with Crippen molar-refractivity contribution in [1.82, 2.24) is 4.90 Å². The fourth-order valence-electron chi connectivity index (χ4n) is 2.76. The minimum absolute atomic E-state index is 0.553. The molecule has 62 valence electrons. The van der Waals surface area contributed by atoms with E-state index in [4.69, 9.17) is 0 Å². The third-order valence-electron chi connectivity index (χ3n) is 3.39. The van der Waals surface area contributed by atoms with Gasteiger partial charge in [0.2, 0.25) is 0 Å². The van der Waals surface area contributed by atoms with Gasteiger partial charge in [-0.2, -0.15) is 0 Å². The fourth-order valence-corrected chi connectivity index (χ4v) is 2.76. The van der Waals surface area contributed by atoms with Gasteiger partial charge in [0, 0.05) is 12.1 Å². The maximum atomic E-state index is 4.09. The number of fused-ring (bicyclic) bond motifs is 1. The molecule has 0 saturated carbocycles. The van der Waals surface area contributed by atoms with E-state index in [1.165, 1.54) is 44.3 Å². The Morgan fingerprint density at radius 3 is 3.09 bits per heavy atom.